The molecule has 9 aromatic heterocycles. The van der Waals surface area contributed by atoms with E-state index in [2.05, 4.69) is 322 Å². The molecule has 0 unspecified atom stereocenters. The molecule has 0 aliphatic rings. The number of aryl methyl sites for hydroxylation is 4. The van der Waals surface area contributed by atoms with Gasteiger partial charge in [-0.15, -0.1) is 0 Å². The van der Waals surface area contributed by atoms with Crippen LogP contribution in [0.2, 0.25) is 0 Å². The number of rotatable bonds is 0. The normalized spacial score (nSPS) is 12.2. The van der Waals surface area contributed by atoms with Gasteiger partial charge in [0, 0.05) is 74.8 Å². The second-order valence-corrected chi connectivity index (χ2v) is 32.6. The minimum Gasteiger partial charge on any atom is -0.334 e. The van der Waals surface area contributed by atoms with Crippen molar-refractivity contribution in [2.45, 2.75) is 190 Å². The molecule has 0 fully saturated rings. The zero-order valence-electron chi connectivity index (χ0n) is 62.7. The van der Waals surface area contributed by atoms with Crippen LogP contribution in [0.5, 0.6) is 0 Å². The number of hydrogen-bond donors (Lipinski definition) is 0. The highest BCUT2D eigenvalue weighted by Crippen LogP contribution is 2.31. The molecule has 0 radical (unpaired) electrons. The van der Waals surface area contributed by atoms with Crippen LogP contribution < -0.4 is 0 Å². The first kappa shape index (κ1) is 73.4. The van der Waals surface area contributed by atoms with Gasteiger partial charge in [-0.05, 0) is 157 Å². The van der Waals surface area contributed by atoms with Crippen LogP contribution in [0.25, 0.3) is 66.2 Å². The Balaban J connectivity index is 0.000000145. The summed E-state index contributed by atoms with van der Waals surface area (Å²) >= 11 is 0. The average molecular weight is 1300 g/mol. The van der Waals surface area contributed by atoms with Crippen LogP contribution in [-0.4, -0.2) is 67.8 Å². The number of nitrogens with zero attached hydrogens (tertiary/aromatic N) is 14. The van der Waals surface area contributed by atoms with Gasteiger partial charge < -0.3 is 13.5 Å². The highest BCUT2D eigenvalue weighted by Gasteiger charge is 2.20. The van der Waals surface area contributed by atoms with Gasteiger partial charge >= 0.3 is 0 Å². The van der Waals surface area contributed by atoms with E-state index in [0.717, 1.165) is 38.9 Å². The summed E-state index contributed by atoms with van der Waals surface area (Å²) in [5.74, 6) is 0. The van der Waals surface area contributed by atoms with Crippen LogP contribution >= 0.6 is 0 Å². The van der Waals surface area contributed by atoms with Crippen LogP contribution in [-0.2, 0) is 59.0 Å². The maximum Gasteiger partial charge on any atom is 0.155 e. The predicted octanol–water partition coefficient (Wildman–Crippen LogP) is 20.0. The molecule has 9 heterocycles. The Morgan fingerprint density at radius 1 is 0.309 bits per heavy atom. The fraction of sp³-hybridized carbons (Fsp3) is 0.386. The van der Waals surface area contributed by atoms with Crippen molar-refractivity contribution in [2.75, 3.05) is 0 Å². The van der Waals surface area contributed by atoms with E-state index >= 15 is 0 Å². The summed E-state index contributed by atoms with van der Waals surface area (Å²) in [6, 6.07) is 44.7. The summed E-state index contributed by atoms with van der Waals surface area (Å²) < 4.78 is 9.97. The molecular formula is C83H106N14. The third kappa shape index (κ3) is 19.2. The second kappa shape index (κ2) is 29.1. The Morgan fingerprint density at radius 3 is 1.36 bits per heavy atom. The van der Waals surface area contributed by atoms with Gasteiger partial charge in [-0.1, -0.05) is 200 Å². The molecule has 0 atom stereocenters. The molecule has 0 bridgehead atoms. The van der Waals surface area contributed by atoms with Crippen molar-refractivity contribution in [3.05, 3.63) is 234 Å². The molecule has 0 aliphatic heterocycles. The van der Waals surface area contributed by atoms with Crippen molar-refractivity contribution in [2.24, 2.45) is 21.1 Å². The molecule has 0 spiro atoms. The Hall–Kier alpha value is -9.43. The molecule has 14 nitrogen and oxygen atoms in total. The minimum absolute atomic E-state index is 0.167. The average Bonchev–Trinajstić information content (AvgIpc) is 1.81. The molecule has 0 amide bonds. The fourth-order valence-electron chi connectivity index (χ4n) is 10.6. The summed E-state index contributed by atoms with van der Waals surface area (Å²) in [5.41, 5.74) is 22.5. The monoisotopic (exact) mass is 1300 g/mol. The summed E-state index contributed by atoms with van der Waals surface area (Å²) in [5, 5.41) is 10.8. The number of benzene rings is 5. The smallest absolute Gasteiger partial charge is 0.155 e. The van der Waals surface area contributed by atoms with Gasteiger partial charge in [0.1, 0.15) is 12.0 Å². The lowest BCUT2D eigenvalue weighted by molar-refractivity contribution is 0.584. The Bertz CT molecular complexity index is 4620. The maximum absolute atomic E-state index is 4.36. The fourth-order valence-corrected chi connectivity index (χ4v) is 10.6. The Kier molecular flexibility index (Phi) is 22.0. The van der Waals surface area contributed by atoms with Crippen molar-refractivity contribution in [1.82, 2.24) is 67.8 Å². The first-order valence-electron chi connectivity index (χ1n) is 33.7. The zero-order chi connectivity index (χ0) is 71.2. The number of hydrogen-bond acceptors (Lipinski definition) is 9. The lowest BCUT2D eigenvalue weighted by Crippen LogP contribution is -2.12. The van der Waals surface area contributed by atoms with E-state index in [-0.39, 0.29) is 37.9 Å². The quantitative estimate of drug-likeness (QED) is 0.145. The molecule has 5 aromatic carbocycles. The van der Waals surface area contributed by atoms with Gasteiger partial charge in [0.15, 0.2) is 5.65 Å². The zero-order valence-corrected chi connectivity index (χ0v) is 62.7. The number of imidazole rings is 3. The van der Waals surface area contributed by atoms with Crippen molar-refractivity contribution in [3.8, 4) is 0 Å². The first-order chi connectivity index (χ1) is 45.1. The molecule has 0 saturated heterocycles. The van der Waals surface area contributed by atoms with Crippen molar-refractivity contribution < 1.29 is 0 Å². The first-order valence-corrected chi connectivity index (χ1v) is 33.7. The standard InChI is InChI=1S/C13H15N.4C12H16N2.C12H14N2.C10H13N3/c1-13(2,3)11-6-7-12-10(9-11)5-4-8-14-12;1-12(2,3)10-6-5-9-8-13-14(4)11(9)7-10;1-12(2,3)9-5-6-11-10(7-9)13-8-14(11)4;1-12(2,3)9-5-6-10-11(7-9)14(4)8-13-10;1-9-7-13-11-6-5-10(8-14(9)11)12(2,3)4;1-12(2,3)9-4-5-10-11(8-9)14-7-6-13-10;1-10(2,3)8-4-5-9-11-7-12-13(9)6-8/h4-9H,1-3H3;4*5-8H,1-4H3;4-8H,1-3H3;4-7H,1-3H3. The topological polar surface area (TPSA) is 140 Å². The molecule has 14 rings (SSSR count). The molecule has 0 aliphatic carbocycles. The van der Waals surface area contributed by atoms with Crippen LogP contribution in [0.15, 0.2) is 190 Å². The van der Waals surface area contributed by atoms with E-state index < -0.39 is 0 Å². The molecule has 0 saturated carbocycles. The minimum atomic E-state index is 0.167. The molecular weight excluding hydrogens is 1190 g/mol. The molecule has 14 heteroatoms. The van der Waals surface area contributed by atoms with Gasteiger partial charge in [-0.2, -0.15) is 10.2 Å². The summed E-state index contributed by atoms with van der Waals surface area (Å²) in [4.78, 5) is 29.9. The van der Waals surface area contributed by atoms with Crippen LogP contribution in [0.1, 0.15) is 190 Å². The SMILES string of the molecule is CC(C)(C)c1ccc2ncccc2c1.CC(C)(C)c1ccc2nccnc2c1.CC(C)(C)c1ccc2ncnn2c1.Cc1cnc2ccc(C(C)(C)C)cn12.Cn1cnc2cc(C(C)(C)C)ccc21.Cn1cnc2ccc(C(C)(C)C)cc21.Cn1ncc2ccc(C(C)(C)C)cc21. The highest BCUT2D eigenvalue weighted by atomic mass is 15.3. The van der Waals surface area contributed by atoms with Gasteiger partial charge in [-0.3, -0.25) is 19.6 Å². The van der Waals surface area contributed by atoms with Gasteiger partial charge in [0.25, 0.3) is 0 Å². The van der Waals surface area contributed by atoms with Crippen molar-refractivity contribution in [1.29, 1.82) is 0 Å². The highest BCUT2D eigenvalue weighted by molar-refractivity contribution is 5.81. The Morgan fingerprint density at radius 2 is 0.763 bits per heavy atom. The van der Waals surface area contributed by atoms with E-state index in [0.29, 0.717) is 0 Å². The number of pyridine rings is 3. The molecule has 14 aromatic rings. The largest absolute Gasteiger partial charge is 0.334 e. The Labute approximate surface area is 576 Å². The van der Waals surface area contributed by atoms with Gasteiger partial charge in [0.2, 0.25) is 0 Å². The van der Waals surface area contributed by atoms with E-state index in [1.807, 2.05) is 86.0 Å². The molecule has 0 N–H and O–H groups in total. The molecule has 508 valence electrons. The summed E-state index contributed by atoms with van der Waals surface area (Å²) in [7, 11) is 6.03. The van der Waals surface area contributed by atoms with E-state index in [1.165, 1.54) is 72.0 Å². The summed E-state index contributed by atoms with van der Waals surface area (Å²) in [6.45, 7) is 48.6. The van der Waals surface area contributed by atoms with Crippen LogP contribution in [0.3, 0.4) is 0 Å². The van der Waals surface area contributed by atoms with Gasteiger partial charge in [0.05, 0.1) is 63.0 Å². The number of aromatic nitrogens is 14. The third-order valence-electron chi connectivity index (χ3n) is 17.3. The second-order valence-electron chi connectivity index (χ2n) is 32.6. The third-order valence-corrected chi connectivity index (χ3v) is 17.3. The maximum atomic E-state index is 4.36. The van der Waals surface area contributed by atoms with Crippen molar-refractivity contribution in [3.63, 3.8) is 0 Å². The lowest BCUT2D eigenvalue weighted by Gasteiger charge is -2.19. The lowest BCUT2D eigenvalue weighted by atomic mass is 9.86. The molecule has 97 heavy (non-hydrogen) atoms. The predicted molar refractivity (Wildman–Crippen MR) is 407 cm³/mol. The van der Waals surface area contributed by atoms with Crippen LogP contribution in [0.4, 0.5) is 0 Å². The number of fused-ring (bicyclic) bond motifs is 7. The van der Waals surface area contributed by atoms with E-state index in [1.54, 1.807) is 23.2 Å². The summed E-state index contributed by atoms with van der Waals surface area (Å²) in [6.07, 6.45) is 18.6. The van der Waals surface area contributed by atoms with E-state index in [4.69, 9.17) is 0 Å². The van der Waals surface area contributed by atoms with E-state index in [9.17, 15) is 0 Å². The van der Waals surface area contributed by atoms with Gasteiger partial charge in [-0.25, -0.2) is 24.5 Å². The van der Waals surface area contributed by atoms with Crippen LogP contribution in [0, 0.1) is 6.92 Å². The van der Waals surface area contributed by atoms with Crippen molar-refractivity contribution >= 4 is 66.2 Å².